The number of rotatable bonds is 7. The van der Waals surface area contributed by atoms with Gasteiger partial charge in [-0.2, -0.15) is 0 Å². The second-order valence-corrected chi connectivity index (χ2v) is 19.3. The number of ether oxygens (including phenoxy) is 1. The minimum Gasteiger partial charge on any atom is -0.460 e. The molecule has 40 heavy (non-hydrogen) atoms. The van der Waals surface area contributed by atoms with Crippen LogP contribution in [0.5, 0.6) is 0 Å². The van der Waals surface area contributed by atoms with Crippen molar-refractivity contribution in [3.05, 3.63) is 77.4 Å². The molecule has 2 aromatic carbocycles. The summed E-state index contributed by atoms with van der Waals surface area (Å²) in [5.74, 6) is -2.00. The zero-order valence-electron chi connectivity index (χ0n) is 24.6. The number of carbonyl (C=O) groups is 2. The molecular formula is C31H41NO6SSi. The summed E-state index contributed by atoms with van der Waals surface area (Å²) < 4.78 is 41.5. The second kappa shape index (κ2) is 10.9. The maximum atomic E-state index is 14.4. The van der Waals surface area contributed by atoms with E-state index in [4.69, 9.17) is 9.16 Å². The molecule has 0 saturated carbocycles. The van der Waals surface area contributed by atoms with Crippen LogP contribution in [0.4, 0.5) is 0 Å². The van der Waals surface area contributed by atoms with Crippen molar-refractivity contribution in [2.75, 3.05) is 6.54 Å². The van der Waals surface area contributed by atoms with Crippen LogP contribution in [-0.4, -0.2) is 45.6 Å². The van der Waals surface area contributed by atoms with E-state index in [0.29, 0.717) is 6.42 Å². The third-order valence-corrected chi connectivity index (χ3v) is 15.1. The van der Waals surface area contributed by atoms with Crippen LogP contribution in [0, 0.1) is 18.3 Å². The smallest absolute Gasteiger partial charge is 0.322 e. The Kier molecular flexibility index (Phi) is 8.24. The van der Waals surface area contributed by atoms with Crippen LogP contribution in [0.15, 0.2) is 71.1 Å². The molecule has 2 aromatic rings. The van der Waals surface area contributed by atoms with Crippen LogP contribution in [0.1, 0.15) is 51.7 Å². The number of allylic oxidation sites excluding steroid dienone is 2. The monoisotopic (exact) mass is 583 g/mol. The van der Waals surface area contributed by atoms with E-state index >= 15 is 0 Å². The predicted octanol–water partition coefficient (Wildman–Crippen LogP) is 6.00. The molecule has 7 nitrogen and oxygen atoms in total. The molecule has 1 heterocycles. The number of sulfonamides is 1. The van der Waals surface area contributed by atoms with Crippen LogP contribution in [0.25, 0.3) is 0 Å². The lowest BCUT2D eigenvalue weighted by molar-refractivity contribution is -0.178. The summed E-state index contributed by atoms with van der Waals surface area (Å²) in [5.41, 5.74) is 1.02. The Balaban J connectivity index is 1.82. The molecule has 0 radical (unpaired) electrons. The molecule has 0 N–H and O–H groups in total. The molecule has 216 valence electrons. The molecule has 0 unspecified atom stereocenters. The number of amides is 1. The first-order valence-electron chi connectivity index (χ1n) is 13.8. The Labute approximate surface area is 239 Å². The van der Waals surface area contributed by atoms with Crippen LogP contribution in [0.2, 0.25) is 18.1 Å². The summed E-state index contributed by atoms with van der Waals surface area (Å²) in [6, 6.07) is 15.6. The normalized spacial score (nSPS) is 23.8. The number of nitrogens with zero attached hydrogens (tertiary/aromatic N) is 1. The fraction of sp³-hybridized carbons (Fsp3) is 0.484. The molecule has 1 fully saturated rings. The number of hydrogen-bond donors (Lipinski definition) is 0. The molecule has 9 heteroatoms. The first-order chi connectivity index (χ1) is 18.6. The summed E-state index contributed by atoms with van der Waals surface area (Å²) in [5, 5.41) is -0.162. The number of hydrogen-bond acceptors (Lipinski definition) is 6. The van der Waals surface area contributed by atoms with Gasteiger partial charge in [-0.1, -0.05) is 80.4 Å². The summed E-state index contributed by atoms with van der Waals surface area (Å²) in [6.07, 6.45) is 1.72. The fourth-order valence-corrected chi connectivity index (χ4v) is 8.08. The van der Waals surface area contributed by atoms with E-state index in [1.807, 2.05) is 50.3 Å². The lowest BCUT2D eigenvalue weighted by Crippen LogP contribution is -2.66. The van der Waals surface area contributed by atoms with E-state index in [2.05, 4.69) is 33.9 Å². The largest absolute Gasteiger partial charge is 0.460 e. The van der Waals surface area contributed by atoms with Crippen LogP contribution in [-0.2, 0) is 35.4 Å². The average molecular weight is 584 g/mol. The van der Waals surface area contributed by atoms with Gasteiger partial charge in [-0.25, -0.2) is 12.7 Å². The van der Waals surface area contributed by atoms with Gasteiger partial charge < -0.3 is 9.16 Å². The van der Waals surface area contributed by atoms with Gasteiger partial charge in [0.2, 0.25) is 0 Å². The van der Waals surface area contributed by atoms with Gasteiger partial charge >= 0.3 is 5.97 Å². The number of esters is 1. The van der Waals surface area contributed by atoms with E-state index in [9.17, 15) is 18.0 Å². The van der Waals surface area contributed by atoms with Gasteiger partial charge in [0, 0.05) is 5.92 Å². The first-order valence-corrected chi connectivity index (χ1v) is 18.1. The molecule has 1 saturated heterocycles. The van der Waals surface area contributed by atoms with Crippen LogP contribution in [0.3, 0.4) is 0 Å². The number of piperidine rings is 1. The van der Waals surface area contributed by atoms with E-state index in [1.165, 1.54) is 12.1 Å². The third kappa shape index (κ3) is 5.56. The highest BCUT2D eigenvalue weighted by Gasteiger charge is 2.64. The Morgan fingerprint density at radius 2 is 1.68 bits per heavy atom. The molecule has 1 aliphatic heterocycles. The third-order valence-electron chi connectivity index (χ3n) is 8.79. The van der Waals surface area contributed by atoms with E-state index in [1.54, 1.807) is 12.1 Å². The summed E-state index contributed by atoms with van der Waals surface area (Å²) in [7, 11) is -6.70. The van der Waals surface area contributed by atoms with Crippen molar-refractivity contribution in [3.8, 4) is 0 Å². The average Bonchev–Trinajstić information content (AvgIpc) is 2.89. The molecule has 0 bridgehead atoms. The maximum Gasteiger partial charge on any atom is 0.322 e. The molecule has 1 amide bonds. The standard InChI is InChI=1S/C31H41NO6SSi/c1-22-13-15-25(16-14-22)39(35,36)32-20-27(38-40(6,7)30(3,4)5)26-19-23(2)17-18-31(26,28(32)33)29(34)37-21-24-11-9-8-10-12-24/h8-17,26-27H,18-21H2,1-7H3/t26-,27+,31+/m0/s1. The second-order valence-electron chi connectivity index (χ2n) is 12.7. The van der Waals surface area contributed by atoms with Gasteiger partial charge in [-0.15, -0.1) is 0 Å². The predicted molar refractivity (Wildman–Crippen MR) is 157 cm³/mol. The summed E-state index contributed by atoms with van der Waals surface area (Å²) in [6.45, 7) is 14.2. The highest BCUT2D eigenvalue weighted by atomic mass is 32.2. The molecule has 4 rings (SSSR count). The molecule has 3 atom stereocenters. The van der Waals surface area contributed by atoms with Gasteiger partial charge in [0.15, 0.2) is 13.7 Å². The van der Waals surface area contributed by atoms with Crippen molar-refractivity contribution < 1.29 is 27.2 Å². The van der Waals surface area contributed by atoms with Gasteiger partial charge in [0.25, 0.3) is 15.9 Å². The van der Waals surface area contributed by atoms with Crippen LogP contribution < -0.4 is 0 Å². The van der Waals surface area contributed by atoms with E-state index in [0.717, 1.165) is 21.0 Å². The van der Waals surface area contributed by atoms with Crippen LogP contribution >= 0.6 is 0 Å². The number of fused-ring (bicyclic) bond motifs is 1. The molecule has 1 aliphatic carbocycles. The number of carbonyl (C=O) groups excluding carboxylic acids is 2. The number of aryl methyl sites for hydroxylation is 1. The van der Waals surface area contributed by atoms with Gasteiger partial charge in [-0.05, 0) is 62.5 Å². The molecule has 0 spiro atoms. The van der Waals surface area contributed by atoms with E-state index in [-0.39, 0.29) is 29.5 Å². The Hall–Kier alpha value is -2.75. The van der Waals surface area contributed by atoms with Crippen molar-refractivity contribution in [2.45, 2.75) is 83.2 Å². The van der Waals surface area contributed by atoms with Gasteiger partial charge in [-0.3, -0.25) is 9.59 Å². The minimum absolute atomic E-state index is 0.00584. The Morgan fingerprint density at radius 1 is 1.05 bits per heavy atom. The van der Waals surface area contributed by atoms with Crippen molar-refractivity contribution >= 4 is 30.2 Å². The first kappa shape index (κ1) is 30.2. The lowest BCUT2D eigenvalue weighted by Gasteiger charge is -2.52. The van der Waals surface area contributed by atoms with Crippen molar-refractivity contribution in [1.29, 1.82) is 0 Å². The van der Waals surface area contributed by atoms with Crippen molar-refractivity contribution in [1.82, 2.24) is 4.31 Å². The Morgan fingerprint density at radius 3 is 2.27 bits per heavy atom. The highest BCUT2D eigenvalue weighted by Crippen LogP contribution is 2.51. The topological polar surface area (TPSA) is 90.0 Å². The fourth-order valence-electron chi connectivity index (χ4n) is 5.28. The lowest BCUT2D eigenvalue weighted by atomic mass is 9.62. The molecule has 0 aromatic heterocycles. The highest BCUT2D eigenvalue weighted by molar-refractivity contribution is 7.89. The minimum atomic E-state index is -4.26. The summed E-state index contributed by atoms with van der Waals surface area (Å²) >= 11 is 0. The van der Waals surface area contributed by atoms with Gasteiger partial charge in [0.1, 0.15) is 6.61 Å². The number of benzene rings is 2. The van der Waals surface area contributed by atoms with Crippen molar-refractivity contribution in [2.24, 2.45) is 11.3 Å². The van der Waals surface area contributed by atoms with Crippen molar-refractivity contribution in [3.63, 3.8) is 0 Å². The molecular weight excluding hydrogens is 542 g/mol. The zero-order chi connectivity index (χ0) is 29.5. The maximum absolute atomic E-state index is 14.4. The Bertz CT molecular complexity index is 1400. The SMILES string of the molecule is CC1=CC[C@]2(C(=O)OCc3ccccc3)C(=O)N(S(=O)(=O)c3ccc(C)cc3)C[C@@H](O[Si](C)(C)C(C)(C)C)[C@@H]2C1. The summed E-state index contributed by atoms with van der Waals surface area (Å²) in [4.78, 5) is 28.5. The zero-order valence-corrected chi connectivity index (χ0v) is 26.4. The van der Waals surface area contributed by atoms with Gasteiger partial charge in [0.05, 0.1) is 17.5 Å². The van der Waals surface area contributed by atoms with E-state index < -0.39 is 47.7 Å². The quantitative estimate of drug-likeness (QED) is 0.172. The molecule has 2 aliphatic rings.